The van der Waals surface area contributed by atoms with E-state index in [0.29, 0.717) is 36.4 Å². The van der Waals surface area contributed by atoms with Crippen molar-refractivity contribution in [3.05, 3.63) is 59.7 Å². The summed E-state index contributed by atoms with van der Waals surface area (Å²) in [5.41, 5.74) is 2.69. The highest BCUT2D eigenvalue weighted by molar-refractivity contribution is 7.92. The van der Waals surface area contributed by atoms with E-state index in [-0.39, 0.29) is 11.9 Å². The van der Waals surface area contributed by atoms with Crippen LogP contribution in [0, 0.1) is 0 Å². The molecule has 8 heteroatoms. The van der Waals surface area contributed by atoms with Crippen LogP contribution in [0.3, 0.4) is 0 Å². The topological polar surface area (TPSA) is 88.1 Å². The van der Waals surface area contributed by atoms with Crippen molar-refractivity contribution < 1.29 is 17.9 Å². The van der Waals surface area contributed by atoms with E-state index in [1.165, 1.54) is 5.01 Å². The van der Waals surface area contributed by atoms with Gasteiger partial charge in [0.15, 0.2) is 0 Å². The first-order chi connectivity index (χ1) is 13.8. The third kappa shape index (κ3) is 4.95. The van der Waals surface area contributed by atoms with Crippen molar-refractivity contribution in [3.63, 3.8) is 0 Å². The number of nitrogens with one attached hydrogen (secondary N) is 1. The normalized spacial score (nSPS) is 16.4. The summed E-state index contributed by atoms with van der Waals surface area (Å²) in [6.07, 6.45) is 1.90. The molecule has 0 aliphatic carbocycles. The Kier molecular flexibility index (Phi) is 6.22. The lowest BCUT2D eigenvalue weighted by Crippen LogP contribution is -2.26. The number of ether oxygens (including phenoxy) is 1. The predicted molar refractivity (Wildman–Crippen MR) is 114 cm³/mol. The van der Waals surface area contributed by atoms with Crippen molar-refractivity contribution in [2.75, 3.05) is 17.6 Å². The molecule has 1 aliphatic heterocycles. The van der Waals surface area contributed by atoms with Crippen molar-refractivity contribution in [2.45, 2.75) is 32.7 Å². The standard InChI is InChI=1S/C21H25N3O4S/c1-4-21(25)24-20(15-9-8-10-16(13-15)28-5-2)14-19(22-24)17-11-6-7-12-18(17)23-29(3,26)27/h6-13,20,23H,4-5,14H2,1-3H3/t20-/m0/s1. The zero-order valence-corrected chi connectivity index (χ0v) is 17.6. The highest BCUT2D eigenvalue weighted by Gasteiger charge is 2.33. The molecular formula is C21H25N3O4S. The Balaban J connectivity index is 1.99. The van der Waals surface area contributed by atoms with Gasteiger partial charge in [-0.25, -0.2) is 13.4 Å². The summed E-state index contributed by atoms with van der Waals surface area (Å²) in [6, 6.07) is 14.4. The number of hydrogen-bond donors (Lipinski definition) is 1. The van der Waals surface area contributed by atoms with Gasteiger partial charge in [0.05, 0.1) is 30.3 Å². The molecule has 0 fully saturated rings. The fraction of sp³-hybridized carbons (Fsp3) is 0.333. The summed E-state index contributed by atoms with van der Waals surface area (Å²) in [4.78, 5) is 12.6. The Hall–Kier alpha value is -2.87. The van der Waals surface area contributed by atoms with Crippen LogP contribution in [0.1, 0.15) is 43.9 Å². The maximum atomic E-state index is 12.6. The molecule has 0 unspecified atom stereocenters. The van der Waals surface area contributed by atoms with Crippen LogP contribution in [0.5, 0.6) is 5.75 Å². The number of nitrogens with zero attached hydrogens (tertiary/aromatic N) is 2. The van der Waals surface area contributed by atoms with E-state index >= 15 is 0 Å². The fourth-order valence-corrected chi connectivity index (χ4v) is 3.90. The van der Waals surface area contributed by atoms with Gasteiger partial charge in [0.2, 0.25) is 15.9 Å². The Morgan fingerprint density at radius 2 is 1.97 bits per heavy atom. The number of amides is 1. The summed E-state index contributed by atoms with van der Waals surface area (Å²) in [6.45, 7) is 4.27. The number of anilines is 1. The number of rotatable bonds is 7. The number of sulfonamides is 1. The van der Waals surface area contributed by atoms with E-state index in [4.69, 9.17) is 4.74 Å². The number of hydrazone groups is 1. The number of carbonyl (C=O) groups excluding carboxylic acids is 1. The summed E-state index contributed by atoms with van der Waals surface area (Å²) in [5.74, 6) is 0.641. The minimum atomic E-state index is -3.44. The maximum absolute atomic E-state index is 12.6. The van der Waals surface area contributed by atoms with E-state index in [0.717, 1.165) is 17.6 Å². The summed E-state index contributed by atoms with van der Waals surface area (Å²) >= 11 is 0. The van der Waals surface area contributed by atoms with Crippen LogP contribution >= 0.6 is 0 Å². The number of carbonyl (C=O) groups is 1. The third-order valence-electron chi connectivity index (χ3n) is 4.56. The number of hydrogen-bond acceptors (Lipinski definition) is 5. The van der Waals surface area contributed by atoms with Crippen molar-refractivity contribution in [1.82, 2.24) is 5.01 Å². The van der Waals surface area contributed by atoms with Crippen LogP contribution in [0.25, 0.3) is 0 Å². The van der Waals surface area contributed by atoms with Crippen molar-refractivity contribution in [1.29, 1.82) is 0 Å². The van der Waals surface area contributed by atoms with E-state index in [9.17, 15) is 13.2 Å². The lowest BCUT2D eigenvalue weighted by Gasteiger charge is -2.22. The van der Waals surface area contributed by atoms with Crippen LogP contribution in [0.2, 0.25) is 0 Å². The molecule has 3 rings (SSSR count). The first kappa shape index (κ1) is 20.9. The van der Waals surface area contributed by atoms with Gasteiger partial charge in [-0.3, -0.25) is 9.52 Å². The largest absolute Gasteiger partial charge is 0.494 e. The molecule has 29 heavy (non-hydrogen) atoms. The van der Waals surface area contributed by atoms with Crippen LogP contribution < -0.4 is 9.46 Å². The minimum absolute atomic E-state index is 0.0969. The number of para-hydroxylation sites is 1. The van der Waals surface area contributed by atoms with Gasteiger partial charge >= 0.3 is 0 Å². The SMILES string of the molecule is CCOc1cccc([C@@H]2CC(c3ccccc3NS(C)(=O)=O)=NN2C(=O)CC)c1. The van der Waals surface area contributed by atoms with Gasteiger partial charge < -0.3 is 4.74 Å². The van der Waals surface area contributed by atoms with Gasteiger partial charge in [-0.05, 0) is 30.7 Å². The quantitative estimate of drug-likeness (QED) is 0.749. The first-order valence-electron chi connectivity index (χ1n) is 9.52. The van der Waals surface area contributed by atoms with Gasteiger partial charge in [0.25, 0.3) is 0 Å². The second-order valence-corrected chi connectivity index (χ2v) is 8.53. The average Bonchev–Trinajstić information content (AvgIpc) is 3.12. The molecule has 0 spiro atoms. The van der Waals surface area contributed by atoms with E-state index in [1.807, 2.05) is 37.3 Å². The van der Waals surface area contributed by atoms with Crippen LogP contribution in [0.4, 0.5) is 5.69 Å². The lowest BCUT2D eigenvalue weighted by atomic mass is 9.97. The highest BCUT2D eigenvalue weighted by atomic mass is 32.2. The fourth-order valence-electron chi connectivity index (χ4n) is 3.33. The molecule has 7 nitrogen and oxygen atoms in total. The Labute approximate surface area is 171 Å². The van der Waals surface area contributed by atoms with Crippen LogP contribution in [-0.4, -0.2) is 37.9 Å². The maximum Gasteiger partial charge on any atom is 0.242 e. The molecule has 1 amide bonds. The summed E-state index contributed by atoms with van der Waals surface area (Å²) < 4.78 is 31.6. The second-order valence-electron chi connectivity index (χ2n) is 6.78. The Bertz CT molecular complexity index is 1030. The summed E-state index contributed by atoms with van der Waals surface area (Å²) in [5, 5.41) is 6.08. The molecule has 0 aromatic heterocycles. The molecule has 1 aliphatic rings. The molecule has 154 valence electrons. The predicted octanol–water partition coefficient (Wildman–Crippen LogP) is 3.54. The van der Waals surface area contributed by atoms with Crippen LogP contribution in [-0.2, 0) is 14.8 Å². The summed E-state index contributed by atoms with van der Waals surface area (Å²) in [7, 11) is -3.44. The van der Waals surface area contributed by atoms with Crippen molar-refractivity contribution in [2.24, 2.45) is 5.10 Å². The zero-order chi connectivity index (χ0) is 21.0. The molecule has 2 aromatic carbocycles. The molecule has 0 saturated heterocycles. The third-order valence-corrected chi connectivity index (χ3v) is 5.15. The van der Waals surface area contributed by atoms with Gasteiger partial charge in [0, 0.05) is 18.4 Å². The van der Waals surface area contributed by atoms with E-state index in [2.05, 4.69) is 9.82 Å². The van der Waals surface area contributed by atoms with Gasteiger partial charge in [0.1, 0.15) is 5.75 Å². The van der Waals surface area contributed by atoms with Crippen molar-refractivity contribution in [3.8, 4) is 5.75 Å². The Morgan fingerprint density at radius 3 is 2.66 bits per heavy atom. The molecule has 0 bridgehead atoms. The zero-order valence-electron chi connectivity index (χ0n) is 16.8. The molecule has 1 atom stereocenters. The number of benzene rings is 2. The minimum Gasteiger partial charge on any atom is -0.494 e. The molecular weight excluding hydrogens is 390 g/mol. The Morgan fingerprint density at radius 1 is 1.21 bits per heavy atom. The molecule has 1 N–H and O–H groups in total. The average molecular weight is 416 g/mol. The molecule has 0 radical (unpaired) electrons. The first-order valence-corrected chi connectivity index (χ1v) is 11.4. The molecule has 0 saturated carbocycles. The van der Waals surface area contributed by atoms with Crippen LogP contribution in [0.15, 0.2) is 53.6 Å². The molecule has 1 heterocycles. The second kappa shape index (κ2) is 8.65. The lowest BCUT2D eigenvalue weighted by molar-refractivity contribution is -0.132. The van der Waals surface area contributed by atoms with E-state index in [1.54, 1.807) is 25.1 Å². The van der Waals surface area contributed by atoms with Crippen molar-refractivity contribution >= 4 is 27.3 Å². The van der Waals surface area contributed by atoms with Gasteiger partial charge in [-0.1, -0.05) is 37.3 Å². The van der Waals surface area contributed by atoms with Gasteiger partial charge in [-0.15, -0.1) is 0 Å². The van der Waals surface area contributed by atoms with E-state index < -0.39 is 10.0 Å². The monoisotopic (exact) mass is 415 g/mol. The molecule has 2 aromatic rings. The van der Waals surface area contributed by atoms with Gasteiger partial charge in [-0.2, -0.15) is 5.10 Å². The smallest absolute Gasteiger partial charge is 0.242 e. The highest BCUT2D eigenvalue weighted by Crippen LogP contribution is 2.36.